The van der Waals surface area contributed by atoms with Crippen molar-refractivity contribution in [1.29, 1.82) is 0 Å². The molecule has 1 aromatic carbocycles. The summed E-state index contributed by atoms with van der Waals surface area (Å²) in [6, 6.07) is 8.77. The van der Waals surface area contributed by atoms with Crippen LogP contribution in [0.2, 0.25) is 0 Å². The van der Waals surface area contributed by atoms with Gasteiger partial charge in [-0.3, -0.25) is 14.6 Å². The van der Waals surface area contributed by atoms with Gasteiger partial charge in [0.05, 0.1) is 14.2 Å². The Bertz CT molecular complexity index is 880. The van der Waals surface area contributed by atoms with Gasteiger partial charge in [0, 0.05) is 12.5 Å². The van der Waals surface area contributed by atoms with Crippen LogP contribution in [0, 0.1) is 5.92 Å². The summed E-state index contributed by atoms with van der Waals surface area (Å²) in [6.45, 7) is 2.70. The Morgan fingerprint density at radius 2 is 1.78 bits per heavy atom. The average Bonchev–Trinajstić information content (AvgIpc) is 3.03. The Kier molecular flexibility index (Phi) is 4.35. The molecule has 2 aliphatic heterocycles. The van der Waals surface area contributed by atoms with Crippen LogP contribution in [0.1, 0.15) is 19.4 Å². The number of methoxy groups -OCH3 is 2. The van der Waals surface area contributed by atoms with Gasteiger partial charge in [0.15, 0.2) is 11.5 Å². The standard InChI is InChI=1S/C18H19N3O6/c1-10(22)21-18(25)12(15(23)26-3)13(16(24)27-4)19-17(18,2)14(20-21)11-8-6-5-7-9-11/h5-9,12,25H,1-4H3. The quantitative estimate of drug-likeness (QED) is 0.752. The average molecular weight is 373 g/mol. The first-order chi connectivity index (χ1) is 12.7. The molecule has 0 saturated heterocycles. The van der Waals surface area contributed by atoms with E-state index in [9.17, 15) is 19.5 Å². The van der Waals surface area contributed by atoms with E-state index in [0.717, 1.165) is 19.2 Å². The molecule has 27 heavy (non-hydrogen) atoms. The molecule has 0 spiro atoms. The molecule has 2 heterocycles. The first kappa shape index (κ1) is 18.7. The molecular weight excluding hydrogens is 354 g/mol. The maximum Gasteiger partial charge on any atom is 0.353 e. The smallest absolute Gasteiger partial charge is 0.353 e. The van der Waals surface area contributed by atoms with Gasteiger partial charge in [0.1, 0.15) is 11.4 Å². The Hall–Kier alpha value is -3.07. The van der Waals surface area contributed by atoms with Crippen molar-refractivity contribution < 1.29 is 29.0 Å². The van der Waals surface area contributed by atoms with E-state index < -0.39 is 35.0 Å². The van der Waals surface area contributed by atoms with Gasteiger partial charge >= 0.3 is 11.9 Å². The fourth-order valence-corrected chi connectivity index (χ4v) is 3.60. The van der Waals surface area contributed by atoms with Gasteiger partial charge in [-0.05, 0) is 6.92 Å². The molecule has 0 saturated carbocycles. The number of aliphatic imine (C=N–C) groups is 1. The lowest BCUT2D eigenvalue weighted by molar-refractivity contribution is -0.180. The highest BCUT2D eigenvalue weighted by Crippen LogP contribution is 2.49. The van der Waals surface area contributed by atoms with Crippen LogP contribution >= 0.6 is 0 Å². The molecule has 0 aliphatic carbocycles. The monoisotopic (exact) mass is 373 g/mol. The minimum absolute atomic E-state index is 0.244. The highest BCUT2D eigenvalue weighted by Gasteiger charge is 2.72. The lowest BCUT2D eigenvalue weighted by Crippen LogP contribution is -2.64. The number of rotatable bonds is 3. The number of carbonyl (C=O) groups is 3. The van der Waals surface area contributed by atoms with Gasteiger partial charge in [-0.25, -0.2) is 4.79 Å². The van der Waals surface area contributed by atoms with Crippen molar-refractivity contribution in [2.75, 3.05) is 14.2 Å². The first-order valence-corrected chi connectivity index (χ1v) is 8.16. The zero-order valence-electron chi connectivity index (χ0n) is 15.3. The molecule has 142 valence electrons. The number of hydrogen-bond acceptors (Lipinski definition) is 8. The normalized spacial score (nSPS) is 28.9. The number of fused-ring (bicyclic) bond motifs is 1. The van der Waals surface area contributed by atoms with Crippen LogP contribution in [-0.2, 0) is 23.9 Å². The molecule has 0 radical (unpaired) electrons. The lowest BCUT2D eigenvalue weighted by Gasteiger charge is -2.38. The van der Waals surface area contributed by atoms with E-state index in [1.807, 2.05) is 0 Å². The van der Waals surface area contributed by atoms with Crippen LogP contribution in [0.3, 0.4) is 0 Å². The summed E-state index contributed by atoms with van der Waals surface area (Å²) in [4.78, 5) is 41.3. The number of amides is 1. The second-order valence-electron chi connectivity index (χ2n) is 6.39. The maximum atomic E-state index is 12.5. The third-order valence-electron chi connectivity index (χ3n) is 4.90. The minimum Gasteiger partial charge on any atom is -0.468 e. The predicted octanol–water partition coefficient (Wildman–Crippen LogP) is 0.117. The molecule has 1 amide bonds. The van der Waals surface area contributed by atoms with Gasteiger partial charge in [0.2, 0.25) is 11.6 Å². The third kappa shape index (κ3) is 2.38. The molecular formula is C18H19N3O6. The number of aliphatic hydroxyl groups is 1. The molecule has 0 fully saturated rings. The van der Waals surface area contributed by atoms with Crippen LogP contribution in [0.15, 0.2) is 40.4 Å². The summed E-state index contributed by atoms with van der Waals surface area (Å²) >= 11 is 0. The van der Waals surface area contributed by atoms with Gasteiger partial charge in [0.25, 0.3) is 0 Å². The highest BCUT2D eigenvalue weighted by molar-refractivity contribution is 6.43. The molecule has 3 rings (SSSR count). The fourth-order valence-electron chi connectivity index (χ4n) is 3.60. The maximum absolute atomic E-state index is 12.5. The summed E-state index contributed by atoms with van der Waals surface area (Å²) in [5, 5.41) is 16.6. The molecule has 1 N–H and O–H groups in total. The molecule has 0 bridgehead atoms. The summed E-state index contributed by atoms with van der Waals surface area (Å²) in [5.41, 5.74) is -3.33. The fraction of sp³-hybridized carbons (Fsp3) is 0.389. The van der Waals surface area contributed by atoms with E-state index in [1.54, 1.807) is 30.3 Å². The van der Waals surface area contributed by atoms with E-state index >= 15 is 0 Å². The van der Waals surface area contributed by atoms with E-state index in [2.05, 4.69) is 10.1 Å². The SMILES string of the molecule is COC(=O)C1=NC2(C)C(c3ccccc3)=NN(C(C)=O)C2(O)C1C(=O)OC. The van der Waals surface area contributed by atoms with Crippen molar-refractivity contribution >= 4 is 29.3 Å². The number of hydrazone groups is 1. The number of esters is 2. The lowest BCUT2D eigenvalue weighted by atomic mass is 9.77. The van der Waals surface area contributed by atoms with Crippen LogP contribution < -0.4 is 0 Å². The van der Waals surface area contributed by atoms with Crippen molar-refractivity contribution in [2.24, 2.45) is 16.0 Å². The Morgan fingerprint density at radius 1 is 1.15 bits per heavy atom. The van der Waals surface area contributed by atoms with Crippen molar-refractivity contribution in [1.82, 2.24) is 5.01 Å². The first-order valence-electron chi connectivity index (χ1n) is 8.16. The van der Waals surface area contributed by atoms with Gasteiger partial charge in [-0.1, -0.05) is 30.3 Å². The third-order valence-corrected chi connectivity index (χ3v) is 4.90. The van der Waals surface area contributed by atoms with E-state index in [4.69, 9.17) is 9.47 Å². The van der Waals surface area contributed by atoms with Gasteiger partial charge < -0.3 is 14.6 Å². The second-order valence-corrected chi connectivity index (χ2v) is 6.39. The summed E-state index contributed by atoms with van der Waals surface area (Å²) in [5.74, 6) is -4.02. The van der Waals surface area contributed by atoms with Crippen molar-refractivity contribution in [3.05, 3.63) is 35.9 Å². The Labute approximate surface area is 155 Å². The molecule has 9 nitrogen and oxygen atoms in total. The summed E-state index contributed by atoms with van der Waals surface area (Å²) in [6.07, 6.45) is 0. The molecule has 3 unspecified atom stereocenters. The minimum atomic E-state index is -2.25. The Morgan fingerprint density at radius 3 is 2.30 bits per heavy atom. The number of ether oxygens (including phenoxy) is 2. The number of nitrogens with zero attached hydrogens (tertiary/aromatic N) is 3. The highest BCUT2D eigenvalue weighted by atomic mass is 16.5. The van der Waals surface area contributed by atoms with E-state index in [-0.39, 0.29) is 11.4 Å². The number of hydrogen-bond donors (Lipinski definition) is 1. The van der Waals surface area contributed by atoms with Crippen LogP contribution in [0.4, 0.5) is 0 Å². The van der Waals surface area contributed by atoms with E-state index in [1.165, 1.54) is 13.8 Å². The van der Waals surface area contributed by atoms with Crippen LogP contribution in [0.25, 0.3) is 0 Å². The zero-order valence-corrected chi connectivity index (χ0v) is 15.3. The van der Waals surface area contributed by atoms with Gasteiger partial charge in [-0.15, -0.1) is 0 Å². The van der Waals surface area contributed by atoms with Gasteiger partial charge in [-0.2, -0.15) is 10.1 Å². The van der Waals surface area contributed by atoms with Crippen LogP contribution in [0.5, 0.6) is 0 Å². The summed E-state index contributed by atoms with van der Waals surface area (Å²) < 4.78 is 9.49. The van der Waals surface area contributed by atoms with Crippen molar-refractivity contribution in [2.45, 2.75) is 25.1 Å². The molecule has 9 heteroatoms. The molecule has 2 aliphatic rings. The largest absolute Gasteiger partial charge is 0.468 e. The Balaban J connectivity index is 2.28. The molecule has 1 aromatic rings. The zero-order chi connectivity index (χ0) is 20.0. The number of benzene rings is 1. The second kappa shape index (κ2) is 6.27. The van der Waals surface area contributed by atoms with E-state index in [0.29, 0.717) is 5.56 Å². The van der Waals surface area contributed by atoms with Crippen molar-refractivity contribution in [3.8, 4) is 0 Å². The molecule has 0 aromatic heterocycles. The summed E-state index contributed by atoms with van der Waals surface area (Å²) in [7, 11) is 2.25. The topological polar surface area (TPSA) is 118 Å². The predicted molar refractivity (Wildman–Crippen MR) is 93.8 cm³/mol. The molecule has 3 atom stereocenters. The van der Waals surface area contributed by atoms with Crippen molar-refractivity contribution in [3.63, 3.8) is 0 Å². The number of carbonyl (C=O) groups excluding carboxylic acids is 3. The van der Waals surface area contributed by atoms with Crippen LogP contribution in [-0.4, -0.2) is 64.9 Å².